The van der Waals surface area contributed by atoms with Gasteiger partial charge in [0.25, 0.3) is 0 Å². The Morgan fingerprint density at radius 2 is 1.90 bits per heavy atom. The van der Waals surface area contributed by atoms with Crippen LogP contribution in [0, 0.1) is 5.92 Å². The van der Waals surface area contributed by atoms with Gasteiger partial charge in [0.2, 0.25) is 5.91 Å². The highest BCUT2D eigenvalue weighted by atomic mass is 35.5. The molecule has 0 spiro atoms. The van der Waals surface area contributed by atoms with Crippen LogP contribution in [0.15, 0.2) is 29.2 Å². The number of nitrogens with two attached hydrogens (primary N) is 1. The number of halogens is 1. The fourth-order valence-electron chi connectivity index (χ4n) is 2.44. The summed E-state index contributed by atoms with van der Waals surface area (Å²) in [5.41, 5.74) is 6.67. The Morgan fingerprint density at radius 3 is 2.38 bits per heavy atom. The van der Waals surface area contributed by atoms with E-state index in [1.165, 1.54) is 6.26 Å². The molecule has 7 heteroatoms. The molecule has 1 aromatic carbocycles. The van der Waals surface area contributed by atoms with Gasteiger partial charge in [-0.3, -0.25) is 4.79 Å². The van der Waals surface area contributed by atoms with Crippen molar-refractivity contribution in [2.75, 3.05) is 6.26 Å². The summed E-state index contributed by atoms with van der Waals surface area (Å²) in [4.78, 5) is 12.2. The molecule has 0 aromatic heterocycles. The lowest BCUT2D eigenvalue weighted by atomic mass is 10.1. The van der Waals surface area contributed by atoms with E-state index in [9.17, 15) is 13.2 Å². The van der Waals surface area contributed by atoms with Gasteiger partial charge in [-0.05, 0) is 37.0 Å². The number of hydrogen-bond donors (Lipinski definition) is 2. The number of benzene rings is 1. The van der Waals surface area contributed by atoms with Gasteiger partial charge in [-0.15, -0.1) is 12.4 Å². The minimum Gasteiger partial charge on any atom is -0.352 e. The van der Waals surface area contributed by atoms with Crippen molar-refractivity contribution in [1.82, 2.24) is 5.32 Å². The number of rotatable bonds is 4. The highest BCUT2D eigenvalue weighted by molar-refractivity contribution is 7.90. The average molecular weight is 333 g/mol. The summed E-state index contributed by atoms with van der Waals surface area (Å²) in [6.45, 7) is 0.411. The zero-order valence-corrected chi connectivity index (χ0v) is 13.5. The van der Waals surface area contributed by atoms with Crippen LogP contribution in [0.4, 0.5) is 0 Å². The first-order valence-electron chi connectivity index (χ1n) is 6.68. The minimum absolute atomic E-state index is 0. The van der Waals surface area contributed by atoms with Crippen molar-refractivity contribution in [3.05, 3.63) is 29.8 Å². The molecule has 1 saturated carbocycles. The zero-order valence-electron chi connectivity index (χ0n) is 11.9. The lowest BCUT2D eigenvalue weighted by Crippen LogP contribution is -2.29. The maximum atomic E-state index is 11.9. The third kappa shape index (κ3) is 4.98. The third-order valence-corrected chi connectivity index (χ3v) is 4.79. The number of amides is 1. The maximum absolute atomic E-state index is 11.9. The third-order valence-electron chi connectivity index (χ3n) is 3.66. The van der Waals surface area contributed by atoms with E-state index in [0.717, 1.165) is 24.8 Å². The van der Waals surface area contributed by atoms with Crippen LogP contribution in [-0.2, 0) is 21.2 Å². The normalized spacial score (nSPS) is 21.6. The molecule has 0 saturated heterocycles. The Bertz CT molecular complexity index is 587. The summed E-state index contributed by atoms with van der Waals surface area (Å²) in [6.07, 6.45) is 3.67. The predicted octanol–water partition coefficient (Wildman–Crippen LogP) is 1.26. The molecular formula is C14H21ClN2O3S. The van der Waals surface area contributed by atoms with Crippen molar-refractivity contribution < 1.29 is 13.2 Å². The van der Waals surface area contributed by atoms with Gasteiger partial charge in [-0.1, -0.05) is 12.1 Å². The lowest BCUT2D eigenvalue weighted by molar-refractivity contribution is -0.125. The Labute approximate surface area is 131 Å². The van der Waals surface area contributed by atoms with Crippen LogP contribution in [-0.4, -0.2) is 26.6 Å². The second-order valence-electron chi connectivity index (χ2n) is 5.40. The van der Waals surface area contributed by atoms with Gasteiger partial charge in [0.1, 0.15) is 0 Å². The first-order chi connectivity index (χ1) is 9.36. The van der Waals surface area contributed by atoms with Crippen molar-refractivity contribution in [3.8, 4) is 0 Å². The minimum atomic E-state index is -3.17. The van der Waals surface area contributed by atoms with Crippen LogP contribution in [0.1, 0.15) is 24.8 Å². The molecule has 3 N–H and O–H groups in total. The number of carbonyl (C=O) groups excluding carboxylic acids is 1. The van der Waals surface area contributed by atoms with Crippen molar-refractivity contribution in [2.24, 2.45) is 11.7 Å². The Morgan fingerprint density at radius 1 is 1.29 bits per heavy atom. The number of hydrogen-bond acceptors (Lipinski definition) is 4. The van der Waals surface area contributed by atoms with E-state index in [1.807, 2.05) is 0 Å². The number of carbonyl (C=O) groups is 1. The summed E-state index contributed by atoms with van der Waals surface area (Å²) in [5, 5.41) is 2.88. The molecule has 1 aliphatic carbocycles. The second-order valence-corrected chi connectivity index (χ2v) is 7.42. The van der Waals surface area contributed by atoms with E-state index in [-0.39, 0.29) is 35.2 Å². The van der Waals surface area contributed by atoms with Gasteiger partial charge in [0.15, 0.2) is 9.84 Å². The molecule has 2 atom stereocenters. The predicted molar refractivity (Wildman–Crippen MR) is 84.0 cm³/mol. The van der Waals surface area contributed by atoms with E-state index < -0.39 is 9.84 Å². The molecule has 1 amide bonds. The van der Waals surface area contributed by atoms with Crippen LogP contribution in [0.5, 0.6) is 0 Å². The van der Waals surface area contributed by atoms with Crippen molar-refractivity contribution in [1.29, 1.82) is 0 Å². The van der Waals surface area contributed by atoms with E-state index in [0.29, 0.717) is 6.54 Å². The van der Waals surface area contributed by atoms with E-state index in [2.05, 4.69) is 5.32 Å². The first-order valence-corrected chi connectivity index (χ1v) is 8.57. The van der Waals surface area contributed by atoms with Gasteiger partial charge >= 0.3 is 0 Å². The van der Waals surface area contributed by atoms with Gasteiger partial charge in [-0.2, -0.15) is 0 Å². The van der Waals surface area contributed by atoms with E-state index in [4.69, 9.17) is 5.73 Å². The first kappa shape index (κ1) is 17.9. The molecular weight excluding hydrogens is 312 g/mol. The zero-order chi connectivity index (χ0) is 14.8. The molecule has 0 heterocycles. The number of sulfone groups is 1. The molecule has 118 valence electrons. The van der Waals surface area contributed by atoms with Gasteiger partial charge in [-0.25, -0.2) is 8.42 Å². The van der Waals surface area contributed by atoms with Crippen molar-refractivity contribution in [3.63, 3.8) is 0 Å². The summed E-state index contributed by atoms with van der Waals surface area (Å²) in [7, 11) is -3.17. The average Bonchev–Trinajstić information content (AvgIpc) is 2.82. The molecule has 21 heavy (non-hydrogen) atoms. The quantitative estimate of drug-likeness (QED) is 0.868. The van der Waals surface area contributed by atoms with Crippen LogP contribution in [0.2, 0.25) is 0 Å². The Kier molecular flexibility index (Phi) is 6.19. The molecule has 1 fully saturated rings. The highest BCUT2D eigenvalue weighted by Crippen LogP contribution is 2.24. The summed E-state index contributed by atoms with van der Waals surface area (Å²) >= 11 is 0. The van der Waals surface area contributed by atoms with Crippen molar-refractivity contribution in [2.45, 2.75) is 36.7 Å². The highest BCUT2D eigenvalue weighted by Gasteiger charge is 2.27. The van der Waals surface area contributed by atoms with Gasteiger partial charge in [0.05, 0.1) is 4.90 Å². The molecule has 0 radical (unpaired) electrons. The van der Waals surface area contributed by atoms with E-state index in [1.54, 1.807) is 24.3 Å². The molecule has 2 rings (SSSR count). The molecule has 1 aromatic rings. The molecule has 5 nitrogen and oxygen atoms in total. The monoisotopic (exact) mass is 332 g/mol. The maximum Gasteiger partial charge on any atom is 0.223 e. The van der Waals surface area contributed by atoms with Gasteiger partial charge < -0.3 is 11.1 Å². The van der Waals surface area contributed by atoms with Gasteiger partial charge in [0, 0.05) is 24.8 Å². The molecule has 1 aliphatic rings. The molecule has 0 bridgehead atoms. The summed E-state index contributed by atoms with van der Waals surface area (Å²) in [5.74, 6) is 0.0467. The van der Waals surface area contributed by atoms with Crippen LogP contribution < -0.4 is 11.1 Å². The fourth-order valence-corrected chi connectivity index (χ4v) is 3.07. The molecule has 2 unspecified atom stereocenters. The Hall–Kier alpha value is -1.11. The summed E-state index contributed by atoms with van der Waals surface area (Å²) in [6, 6.07) is 6.69. The fraction of sp³-hybridized carbons (Fsp3) is 0.500. The standard InChI is InChI=1S/C14H20N2O3S.ClH/c1-20(18,19)13-6-2-10(3-7-13)9-16-14(17)11-4-5-12(15)8-11;/h2-3,6-7,11-12H,4-5,8-9,15H2,1H3,(H,16,17);1H. The topological polar surface area (TPSA) is 89.3 Å². The van der Waals surface area contributed by atoms with Crippen molar-refractivity contribution >= 4 is 28.2 Å². The number of nitrogens with one attached hydrogen (secondary N) is 1. The lowest BCUT2D eigenvalue weighted by Gasteiger charge is -2.11. The van der Waals surface area contributed by atoms with E-state index >= 15 is 0 Å². The Balaban J connectivity index is 0.00000220. The molecule has 0 aliphatic heterocycles. The summed E-state index contributed by atoms with van der Waals surface area (Å²) < 4.78 is 22.7. The second kappa shape index (κ2) is 7.24. The smallest absolute Gasteiger partial charge is 0.223 e. The van der Waals surface area contributed by atoms with Crippen LogP contribution in [0.25, 0.3) is 0 Å². The van der Waals surface area contributed by atoms with Crippen LogP contribution >= 0.6 is 12.4 Å². The largest absolute Gasteiger partial charge is 0.352 e. The van der Waals surface area contributed by atoms with Crippen LogP contribution in [0.3, 0.4) is 0 Å². The SMILES string of the molecule is CS(=O)(=O)c1ccc(CNC(=O)C2CCC(N)C2)cc1.Cl.